The summed E-state index contributed by atoms with van der Waals surface area (Å²) in [5, 5.41) is 7.54. The molecule has 2 aliphatic heterocycles. The minimum Gasteiger partial charge on any atom is -0.427 e. The zero-order chi connectivity index (χ0) is 13.8. The number of hydrogen-bond donors (Lipinski definition) is 0. The van der Waals surface area contributed by atoms with Gasteiger partial charge < -0.3 is 14.1 Å². The SMILES string of the molecule is O=C(C1CN(Cc2nnco2)CCO1)N1CCSCC1. The third-order valence-electron chi connectivity index (χ3n) is 3.51. The Balaban J connectivity index is 1.55. The number of thioether (sulfide) groups is 1. The van der Waals surface area contributed by atoms with Crippen molar-refractivity contribution in [3.05, 3.63) is 12.3 Å². The van der Waals surface area contributed by atoms with Crippen molar-refractivity contribution in [3.63, 3.8) is 0 Å². The van der Waals surface area contributed by atoms with Gasteiger partial charge in [0.1, 0.15) is 6.10 Å². The van der Waals surface area contributed by atoms with Gasteiger partial charge in [-0.15, -0.1) is 10.2 Å². The number of carbonyl (C=O) groups excluding carboxylic acids is 1. The number of rotatable bonds is 3. The number of morpholine rings is 1. The highest BCUT2D eigenvalue weighted by Gasteiger charge is 2.31. The quantitative estimate of drug-likeness (QED) is 0.768. The van der Waals surface area contributed by atoms with Gasteiger partial charge in [-0.2, -0.15) is 11.8 Å². The van der Waals surface area contributed by atoms with Crippen LogP contribution in [0.5, 0.6) is 0 Å². The number of hydrogen-bond acceptors (Lipinski definition) is 7. The van der Waals surface area contributed by atoms with Crippen LogP contribution in [0.15, 0.2) is 10.8 Å². The summed E-state index contributed by atoms with van der Waals surface area (Å²) in [6.45, 7) is 4.16. The highest BCUT2D eigenvalue weighted by molar-refractivity contribution is 7.99. The first-order chi connectivity index (χ1) is 9.83. The van der Waals surface area contributed by atoms with Crippen LogP contribution in [0.4, 0.5) is 0 Å². The summed E-state index contributed by atoms with van der Waals surface area (Å²) in [7, 11) is 0. The second kappa shape index (κ2) is 6.55. The van der Waals surface area contributed by atoms with Crippen LogP contribution in [-0.2, 0) is 16.1 Å². The summed E-state index contributed by atoms with van der Waals surface area (Å²) in [6, 6.07) is 0. The summed E-state index contributed by atoms with van der Waals surface area (Å²) in [6.07, 6.45) is 0.957. The van der Waals surface area contributed by atoms with Crippen molar-refractivity contribution in [2.45, 2.75) is 12.6 Å². The molecule has 1 amide bonds. The standard InChI is InChI=1S/C12H18N4O3S/c17-12(16-2-5-20-6-3-16)10-7-15(1-4-18-10)8-11-14-13-9-19-11/h9-10H,1-8H2. The number of nitrogens with zero attached hydrogens (tertiary/aromatic N) is 4. The zero-order valence-electron chi connectivity index (χ0n) is 11.2. The molecule has 0 aromatic carbocycles. The minimum absolute atomic E-state index is 0.112. The van der Waals surface area contributed by atoms with Crippen LogP contribution >= 0.6 is 11.8 Å². The molecule has 0 saturated carbocycles. The Kier molecular flexibility index (Phi) is 4.54. The van der Waals surface area contributed by atoms with Crippen LogP contribution in [0.3, 0.4) is 0 Å². The van der Waals surface area contributed by atoms with Gasteiger partial charge in [0.2, 0.25) is 12.3 Å². The van der Waals surface area contributed by atoms with E-state index in [1.54, 1.807) is 0 Å². The fourth-order valence-electron chi connectivity index (χ4n) is 2.44. The fraction of sp³-hybridized carbons (Fsp3) is 0.750. The molecule has 2 aliphatic rings. The van der Waals surface area contributed by atoms with Gasteiger partial charge >= 0.3 is 0 Å². The molecule has 0 bridgehead atoms. The van der Waals surface area contributed by atoms with Gasteiger partial charge in [0, 0.05) is 37.7 Å². The molecule has 3 heterocycles. The Labute approximate surface area is 121 Å². The van der Waals surface area contributed by atoms with E-state index in [2.05, 4.69) is 15.1 Å². The third-order valence-corrected chi connectivity index (χ3v) is 4.46. The Morgan fingerprint density at radius 3 is 3.00 bits per heavy atom. The van der Waals surface area contributed by atoms with Crippen LogP contribution in [0.2, 0.25) is 0 Å². The first-order valence-electron chi connectivity index (χ1n) is 6.78. The molecule has 1 aromatic rings. The van der Waals surface area contributed by atoms with E-state index in [1.807, 2.05) is 16.7 Å². The van der Waals surface area contributed by atoms with E-state index < -0.39 is 0 Å². The van der Waals surface area contributed by atoms with Crippen molar-refractivity contribution >= 4 is 17.7 Å². The molecule has 0 aliphatic carbocycles. The maximum atomic E-state index is 12.4. The van der Waals surface area contributed by atoms with Crippen molar-refractivity contribution in [1.29, 1.82) is 0 Å². The van der Waals surface area contributed by atoms with Crippen molar-refractivity contribution < 1.29 is 13.9 Å². The molecule has 2 saturated heterocycles. The summed E-state index contributed by atoms with van der Waals surface area (Å²) in [5.41, 5.74) is 0. The Hall–Kier alpha value is -1.12. The topological polar surface area (TPSA) is 71.7 Å². The number of ether oxygens (including phenoxy) is 1. The average Bonchev–Trinajstić information content (AvgIpc) is 3.01. The number of aromatic nitrogens is 2. The summed E-state index contributed by atoms with van der Waals surface area (Å²) in [4.78, 5) is 16.5. The molecule has 3 rings (SSSR count). The lowest BCUT2D eigenvalue weighted by molar-refractivity contribution is -0.149. The molecule has 8 heteroatoms. The Bertz CT molecular complexity index is 436. The van der Waals surface area contributed by atoms with Gasteiger partial charge in [0.15, 0.2) is 0 Å². The summed E-state index contributed by atoms with van der Waals surface area (Å²) >= 11 is 1.89. The predicted octanol–water partition coefficient (Wildman–Crippen LogP) is -0.154. The summed E-state index contributed by atoms with van der Waals surface area (Å²) < 4.78 is 10.8. The summed E-state index contributed by atoms with van der Waals surface area (Å²) in [5.74, 6) is 2.72. The number of amides is 1. The van der Waals surface area contributed by atoms with Gasteiger partial charge in [-0.05, 0) is 0 Å². The van der Waals surface area contributed by atoms with E-state index >= 15 is 0 Å². The first kappa shape index (κ1) is 13.8. The molecule has 0 N–H and O–H groups in total. The molecular formula is C12H18N4O3S. The van der Waals surface area contributed by atoms with Crippen LogP contribution < -0.4 is 0 Å². The van der Waals surface area contributed by atoms with Crippen LogP contribution in [-0.4, -0.2) is 76.3 Å². The normalized spacial score (nSPS) is 24.8. The molecule has 2 fully saturated rings. The second-order valence-corrected chi connectivity index (χ2v) is 6.09. The molecule has 0 radical (unpaired) electrons. The van der Waals surface area contributed by atoms with E-state index in [0.717, 1.165) is 31.1 Å². The Morgan fingerprint density at radius 2 is 2.25 bits per heavy atom. The van der Waals surface area contributed by atoms with E-state index in [0.29, 0.717) is 25.6 Å². The molecule has 20 heavy (non-hydrogen) atoms. The molecule has 1 aromatic heterocycles. The van der Waals surface area contributed by atoms with Crippen molar-refractivity contribution in [2.24, 2.45) is 0 Å². The fourth-order valence-corrected chi connectivity index (χ4v) is 3.34. The van der Waals surface area contributed by atoms with Crippen LogP contribution in [0.1, 0.15) is 5.89 Å². The smallest absolute Gasteiger partial charge is 0.253 e. The Morgan fingerprint density at radius 1 is 1.40 bits per heavy atom. The lowest BCUT2D eigenvalue weighted by Gasteiger charge is -2.35. The number of carbonyl (C=O) groups is 1. The molecule has 1 unspecified atom stereocenters. The predicted molar refractivity (Wildman–Crippen MR) is 73.2 cm³/mol. The second-order valence-electron chi connectivity index (χ2n) is 4.86. The van der Waals surface area contributed by atoms with Gasteiger partial charge in [-0.25, -0.2) is 0 Å². The lowest BCUT2D eigenvalue weighted by Crippen LogP contribution is -2.52. The van der Waals surface area contributed by atoms with Gasteiger partial charge in [0.05, 0.1) is 13.2 Å². The largest absolute Gasteiger partial charge is 0.427 e. The lowest BCUT2D eigenvalue weighted by atomic mass is 10.2. The van der Waals surface area contributed by atoms with Gasteiger partial charge in [-0.3, -0.25) is 9.69 Å². The molecule has 110 valence electrons. The average molecular weight is 298 g/mol. The van der Waals surface area contributed by atoms with Crippen LogP contribution in [0, 0.1) is 0 Å². The third kappa shape index (κ3) is 3.31. The van der Waals surface area contributed by atoms with Crippen LogP contribution in [0.25, 0.3) is 0 Å². The maximum absolute atomic E-state index is 12.4. The van der Waals surface area contributed by atoms with Gasteiger partial charge in [0.25, 0.3) is 5.91 Å². The molecular weight excluding hydrogens is 280 g/mol. The highest BCUT2D eigenvalue weighted by Crippen LogP contribution is 2.15. The first-order valence-corrected chi connectivity index (χ1v) is 7.94. The highest BCUT2D eigenvalue weighted by atomic mass is 32.2. The van der Waals surface area contributed by atoms with E-state index in [-0.39, 0.29) is 12.0 Å². The van der Waals surface area contributed by atoms with Crippen molar-refractivity contribution in [1.82, 2.24) is 20.0 Å². The van der Waals surface area contributed by atoms with Crippen molar-refractivity contribution in [3.8, 4) is 0 Å². The maximum Gasteiger partial charge on any atom is 0.253 e. The van der Waals surface area contributed by atoms with Gasteiger partial charge in [-0.1, -0.05) is 0 Å². The van der Waals surface area contributed by atoms with E-state index in [9.17, 15) is 4.79 Å². The van der Waals surface area contributed by atoms with E-state index in [4.69, 9.17) is 9.15 Å². The minimum atomic E-state index is -0.366. The zero-order valence-corrected chi connectivity index (χ0v) is 12.0. The monoisotopic (exact) mass is 298 g/mol. The van der Waals surface area contributed by atoms with E-state index in [1.165, 1.54) is 6.39 Å². The van der Waals surface area contributed by atoms with Crippen molar-refractivity contribution in [2.75, 3.05) is 44.3 Å². The molecule has 1 atom stereocenters. The molecule has 7 nitrogen and oxygen atoms in total. The molecule has 0 spiro atoms.